The van der Waals surface area contributed by atoms with Crippen LogP contribution in [0.15, 0.2) is 54.6 Å². The summed E-state index contributed by atoms with van der Waals surface area (Å²) in [6, 6.07) is 16.1. The maximum absolute atomic E-state index is 12.9. The van der Waals surface area contributed by atoms with E-state index in [2.05, 4.69) is 15.1 Å². The molecule has 2 aromatic rings. The van der Waals surface area contributed by atoms with Gasteiger partial charge in [0.1, 0.15) is 17.5 Å². The van der Waals surface area contributed by atoms with Crippen molar-refractivity contribution in [3.8, 4) is 5.75 Å². The number of carbonyl (C=O) groups excluding carboxylic acids is 3. The highest BCUT2D eigenvalue weighted by Crippen LogP contribution is 2.18. The standard InChI is InChI=1S/C37H55N3O7/c1-29(2)28-45-34(41)31-15-9-16-33(27-31)44-26-10-17-32(46-35(42)30-13-7-6-8-14-30)18-23-40-22-12-21-39(24-25-40)20-11-19-38-36(43)47-37(3,4)5/h6-9,13-16,27,29,32H,10-12,17-26,28H2,1-5H3,(H,38,43). The molecule has 1 N–H and O–H groups in total. The summed E-state index contributed by atoms with van der Waals surface area (Å²) in [5, 5.41) is 2.84. The van der Waals surface area contributed by atoms with Crippen molar-refractivity contribution in [2.24, 2.45) is 5.92 Å². The number of hydrogen-bond acceptors (Lipinski definition) is 9. The van der Waals surface area contributed by atoms with Crippen molar-refractivity contribution in [2.75, 3.05) is 59.0 Å². The first kappa shape index (κ1) is 37.8. The molecule has 0 aliphatic carbocycles. The molecule has 0 spiro atoms. The van der Waals surface area contributed by atoms with Crippen molar-refractivity contribution >= 4 is 18.0 Å². The first-order valence-electron chi connectivity index (χ1n) is 17.1. The third-order valence-electron chi connectivity index (χ3n) is 7.61. The van der Waals surface area contributed by atoms with Crippen molar-refractivity contribution < 1.29 is 33.3 Å². The number of carbonyl (C=O) groups is 3. The molecule has 1 unspecified atom stereocenters. The van der Waals surface area contributed by atoms with Gasteiger partial charge in [0.2, 0.25) is 0 Å². The average molecular weight is 654 g/mol. The zero-order chi connectivity index (χ0) is 34.1. The third-order valence-corrected chi connectivity index (χ3v) is 7.61. The van der Waals surface area contributed by atoms with Crippen LogP contribution in [0.2, 0.25) is 0 Å². The van der Waals surface area contributed by atoms with Crippen molar-refractivity contribution in [2.45, 2.75) is 78.4 Å². The van der Waals surface area contributed by atoms with Gasteiger partial charge in [-0.25, -0.2) is 14.4 Å². The minimum Gasteiger partial charge on any atom is -0.494 e. The van der Waals surface area contributed by atoms with Gasteiger partial charge in [-0.3, -0.25) is 0 Å². The second-order valence-corrected chi connectivity index (χ2v) is 13.5. The van der Waals surface area contributed by atoms with Gasteiger partial charge in [0.05, 0.1) is 24.3 Å². The molecule has 1 atom stereocenters. The summed E-state index contributed by atoms with van der Waals surface area (Å²) < 4.78 is 22.6. The molecule has 0 saturated carbocycles. The van der Waals surface area contributed by atoms with Gasteiger partial charge in [0.15, 0.2) is 0 Å². The lowest BCUT2D eigenvalue weighted by atomic mass is 10.1. The molecule has 1 fully saturated rings. The predicted molar refractivity (Wildman–Crippen MR) is 183 cm³/mol. The van der Waals surface area contributed by atoms with E-state index < -0.39 is 5.60 Å². The molecule has 0 radical (unpaired) electrons. The molecule has 10 nitrogen and oxygen atoms in total. The molecular formula is C37H55N3O7. The van der Waals surface area contributed by atoms with E-state index in [0.717, 1.165) is 58.5 Å². The zero-order valence-electron chi connectivity index (χ0n) is 29.0. The fourth-order valence-electron chi connectivity index (χ4n) is 5.20. The molecule has 47 heavy (non-hydrogen) atoms. The minimum absolute atomic E-state index is 0.248. The Kier molecular flexibility index (Phi) is 16.0. The van der Waals surface area contributed by atoms with Gasteiger partial charge in [-0.2, -0.15) is 0 Å². The number of ether oxygens (including phenoxy) is 4. The SMILES string of the molecule is CC(C)COC(=O)c1cccc(OCCCC(CCN2CCCN(CCCNC(=O)OC(C)(C)C)CC2)OC(=O)c2ccccc2)c1. The molecule has 1 heterocycles. The van der Waals surface area contributed by atoms with Crippen LogP contribution in [0.3, 0.4) is 0 Å². The van der Waals surface area contributed by atoms with Crippen LogP contribution in [0.25, 0.3) is 0 Å². The number of esters is 2. The van der Waals surface area contributed by atoms with Crippen LogP contribution in [-0.4, -0.2) is 98.6 Å². The van der Waals surface area contributed by atoms with Gasteiger partial charge in [0.25, 0.3) is 0 Å². The number of hydrogen-bond donors (Lipinski definition) is 1. The number of alkyl carbamates (subject to hydrolysis) is 1. The quantitative estimate of drug-likeness (QED) is 0.121. The number of rotatable bonds is 17. The smallest absolute Gasteiger partial charge is 0.407 e. The van der Waals surface area contributed by atoms with E-state index in [4.69, 9.17) is 18.9 Å². The van der Waals surface area contributed by atoms with Gasteiger partial charge < -0.3 is 34.1 Å². The van der Waals surface area contributed by atoms with Crippen LogP contribution in [0.5, 0.6) is 5.75 Å². The number of benzene rings is 2. The molecule has 0 bridgehead atoms. The first-order valence-corrected chi connectivity index (χ1v) is 17.1. The summed E-state index contributed by atoms with van der Waals surface area (Å²) in [5.74, 6) is 0.203. The summed E-state index contributed by atoms with van der Waals surface area (Å²) in [5.41, 5.74) is 0.510. The Balaban J connectivity index is 1.45. The largest absolute Gasteiger partial charge is 0.494 e. The normalized spacial score (nSPS) is 15.0. The predicted octanol–water partition coefficient (Wildman–Crippen LogP) is 6.20. The van der Waals surface area contributed by atoms with Crippen molar-refractivity contribution in [3.63, 3.8) is 0 Å². The third kappa shape index (κ3) is 15.7. The molecule has 1 amide bonds. The Labute approximate surface area is 281 Å². The highest BCUT2D eigenvalue weighted by Gasteiger charge is 2.20. The average Bonchev–Trinajstić information content (AvgIpc) is 3.27. The molecule has 3 rings (SSSR count). The second-order valence-electron chi connectivity index (χ2n) is 13.5. The van der Waals surface area contributed by atoms with Gasteiger partial charge in [-0.15, -0.1) is 0 Å². The lowest BCUT2D eigenvalue weighted by Crippen LogP contribution is -2.36. The van der Waals surface area contributed by atoms with E-state index in [1.807, 2.05) is 58.9 Å². The summed E-state index contributed by atoms with van der Waals surface area (Å²) in [4.78, 5) is 42.1. The first-order chi connectivity index (χ1) is 22.5. The van der Waals surface area contributed by atoms with Crippen LogP contribution in [0.4, 0.5) is 4.79 Å². The van der Waals surface area contributed by atoms with Crippen molar-refractivity contribution in [1.82, 2.24) is 15.1 Å². The molecule has 0 aromatic heterocycles. The minimum atomic E-state index is -0.497. The molecular weight excluding hydrogens is 598 g/mol. The number of amides is 1. The Morgan fingerprint density at radius 1 is 0.830 bits per heavy atom. The van der Waals surface area contributed by atoms with Crippen LogP contribution in [-0.2, 0) is 14.2 Å². The zero-order valence-corrected chi connectivity index (χ0v) is 29.0. The molecule has 1 saturated heterocycles. The fraction of sp³-hybridized carbons (Fsp3) is 0.595. The van der Waals surface area contributed by atoms with Crippen molar-refractivity contribution in [3.05, 3.63) is 65.7 Å². The molecule has 10 heteroatoms. The topological polar surface area (TPSA) is 107 Å². The fourth-order valence-corrected chi connectivity index (χ4v) is 5.20. The lowest BCUT2D eigenvalue weighted by molar-refractivity contribution is 0.0221. The van der Waals surface area contributed by atoms with E-state index in [1.54, 1.807) is 30.3 Å². The Hall–Kier alpha value is -3.63. The van der Waals surface area contributed by atoms with E-state index >= 15 is 0 Å². The molecule has 1 aliphatic rings. The van der Waals surface area contributed by atoms with Gasteiger partial charge in [0, 0.05) is 26.2 Å². The molecule has 1 aliphatic heterocycles. The molecule has 2 aromatic carbocycles. The van der Waals surface area contributed by atoms with Gasteiger partial charge in [-0.05, 0) is 109 Å². The maximum Gasteiger partial charge on any atom is 0.407 e. The van der Waals surface area contributed by atoms with Crippen LogP contribution < -0.4 is 10.1 Å². The Morgan fingerprint density at radius 2 is 1.53 bits per heavy atom. The van der Waals surface area contributed by atoms with E-state index in [-0.39, 0.29) is 30.1 Å². The number of nitrogens with zero attached hydrogens (tertiary/aromatic N) is 2. The lowest BCUT2D eigenvalue weighted by Gasteiger charge is -2.25. The van der Waals surface area contributed by atoms with Crippen LogP contribution >= 0.6 is 0 Å². The monoisotopic (exact) mass is 653 g/mol. The Morgan fingerprint density at radius 3 is 2.23 bits per heavy atom. The highest BCUT2D eigenvalue weighted by molar-refractivity contribution is 5.90. The Bertz CT molecular complexity index is 1230. The van der Waals surface area contributed by atoms with E-state index in [9.17, 15) is 14.4 Å². The summed E-state index contributed by atoms with van der Waals surface area (Å²) in [6.07, 6.45) is 3.40. The van der Waals surface area contributed by atoms with E-state index in [0.29, 0.717) is 49.5 Å². The van der Waals surface area contributed by atoms with Gasteiger partial charge >= 0.3 is 18.0 Å². The van der Waals surface area contributed by atoms with Gasteiger partial charge in [-0.1, -0.05) is 38.1 Å². The maximum atomic E-state index is 12.9. The highest BCUT2D eigenvalue weighted by atomic mass is 16.6. The second kappa shape index (κ2) is 19.9. The summed E-state index contributed by atoms with van der Waals surface area (Å²) >= 11 is 0. The summed E-state index contributed by atoms with van der Waals surface area (Å²) in [7, 11) is 0. The van der Waals surface area contributed by atoms with Crippen LogP contribution in [0, 0.1) is 5.92 Å². The van der Waals surface area contributed by atoms with Crippen molar-refractivity contribution in [1.29, 1.82) is 0 Å². The number of nitrogens with one attached hydrogen (secondary N) is 1. The molecule has 260 valence electrons. The van der Waals surface area contributed by atoms with E-state index in [1.165, 1.54) is 0 Å². The summed E-state index contributed by atoms with van der Waals surface area (Å²) in [6.45, 7) is 16.6. The van der Waals surface area contributed by atoms with Crippen LogP contribution in [0.1, 0.15) is 87.4 Å².